The van der Waals surface area contributed by atoms with Crippen LogP contribution in [0.4, 0.5) is 0 Å². The zero-order valence-electron chi connectivity index (χ0n) is 9.90. The minimum absolute atomic E-state index is 0.0711. The maximum atomic E-state index is 11.4. The molecule has 0 fully saturated rings. The molecule has 4 N–H and O–H groups in total. The molecule has 0 spiro atoms. The molecule has 1 rings (SSSR count). The van der Waals surface area contributed by atoms with Gasteiger partial charge in [-0.25, -0.2) is 0 Å². The second kappa shape index (κ2) is 5.49. The summed E-state index contributed by atoms with van der Waals surface area (Å²) in [5.41, 5.74) is 3.98. The maximum absolute atomic E-state index is 11.4. The first-order valence-corrected chi connectivity index (χ1v) is 5.76. The van der Waals surface area contributed by atoms with Crippen LogP contribution in [0.25, 0.3) is 0 Å². The molecule has 1 aromatic rings. The fourth-order valence-electron chi connectivity index (χ4n) is 1.41. The summed E-state index contributed by atoms with van der Waals surface area (Å²) in [4.78, 5) is 11.4. The predicted octanol–water partition coefficient (Wildman–Crippen LogP) is 1.01. The quantitative estimate of drug-likeness (QED) is 0.736. The zero-order valence-corrected chi connectivity index (χ0v) is 10.7. The third-order valence-electron chi connectivity index (χ3n) is 2.50. The molecule has 1 aromatic carbocycles. The largest absolute Gasteiger partial charge is 0.374 e. The number of primary amides is 1. The van der Waals surface area contributed by atoms with Crippen LogP contribution in [0.5, 0.6) is 0 Å². The second-order valence-electron chi connectivity index (χ2n) is 4.27. The molecule has 1 unspecified atom stereocenters. The number of hydrogen-bond donors (Lipinski definition) is 3. The lowest BCUT2D eigenvalue weighted by Crippen LogP contribution is -2.50. The van der Waals surface area contributed by atoms with E-state index in [-0.39, 0.29) is 12.6 Å². The fraction of sp³-hybridized carbons (Fsp3) is 0.417. The zero-order chi connectivity index (χ0) is 13.1. The minimum atomic E-state index is -1.71. The van der Waals surface area contributed by atoms with Crippen LogP contribution in [0, 0.1) is 0 Å². The van der Waals surface area contributed by atoms with Crippen LogP contribution in [0.15, 0.2) is 24.3 Å². The number of carbonyl (C=O) groups is 1. The standard InChI is InChI=1S/C12H17ClN2O2/c1-8(2)15-7-12(17,11(14)16)9-3-5-10(13)6-4-9/h3-6,8,15,17H,7H2,1-2H3,(H2,14,16). The van der Waals surface area contributed by atoms with E-state index in [9.17, 15) is 9.90 Å². The Morgan fingerprint density at radius 3 is 2.41 bits per heavy atom. The van der Waals surface area contributed by atoms with E-state index >= 15 is 0 Å². The van der Waals surface area contributed by atoms with E-state index in [4.69, 9.17) is 17.3 Å². The van der Waals surface area contributed by atoms with Crippen LogP contribution in [-0.4, -0.2) is 23.6 Å². The van der Waals surface area contributed by atoms with Gasteiger partial charge in [0.05, 0.1) is 0 Å². The molecular formula is C12H17ClN2O2. The average Bonchev–Trinajstić information content (AvgIpc) is 2.26. The highest BCUT2D eigenvalue weighted by Gasteiger charge is 2.35. The first-order valence-electron chi connectivity index (χ1n) is 5.38. The Hall–Kier alpha value is -1.10. The summed E-state index contributed by atoms with van der Waals surface area (Å²) in [5, 5.41) is 13.9. The van der Waals surface area contributed by atoms with Gasteiger partial charge in [-0.15, -0.1) is 0 Å². The third kappa shape index (κ3) is 3.43. The van der Waals surface area contributed by atoms with Crippen LogP contribution in [0.3, 0.4) is 0 Å². The molecule has 17 heavy (non-hydrogen) atoms. The van der Waals surface area contributed by atoms with E-state index < -0.39 is 11.5 Å². The molecule has 1 amide bonds. The van der Waals surface area contributed by atoms with Crippen molar-refractivity contribution < 1.29 is 9.90 Å². The van der Waals surface area contributed by atoms with Crippen molar-refractivity contribution in [3.63, 3.8) is 0 Å². The van der Waals surface area contributed by atoms with Crippen molar-refractivity contribution in [1.82, 2.24) is 5.32 Å². The molecular weight excluding hydrogens is 240 g/mol. The Morgan fingerprint density at radius 2 is 2.00 bits per heavy atom. The van der Waals surface area contributed by atoms with Crippen molar-refractivity contribution in [1.29, 1.82) is 0 Å². The minimum Gasteiger partial charge on any atom is -0.374 e. The highest BCUT2D eigenvalue weighted by molar-refractivity contribution is 6.30. The maximum Gasteiger partial charge on any atom is 0.255 e. The van der Waals surface area contributed by atoms with Gasteiger partial charge >= 0.3 is 0 Å². The van der Waals surface area contributed by atoms with Gasteiger partial charge in [0.1, 0.15) is 0 Å². The van der Waals surface area contributed by atoms with Gasteiger partial charge in [-0.05, 0) is 17.7 Å². The fourth-order valence-corrected chi connectivity index (χ4v) is 1.53. The number of aliphatic hydroxyl groups is 1. The number of rotatable bonds is 5. The molecule has 94 valence electrons. The number of hydrogen-bond acceptors (Lipinski definition) is 3. The summed E-state index contributed by atoms with van der Waals surface area (Å²) < 4.78 is 0. The van der Waals surface area contributed by atoms with Crippen molar-refractivity contribution in [2.75, 3.05) is 6.54 Å². The molecule has 0 aliphatic rings. The highest BCUT2D eigenvalue weighted by Crippen LogP contribution is 2.22. The summed E-state index contributed by atoms with van der Waals surface area (Å²) in [5.74, 6) is -0.784. The van der Waals surface area contributed by atoms with Gasteiger partial charge in [0, 0.05) is 17.6 Å². The van der Waals surface area contributed by atoms with Gasteiger partial charge < -0.3 is 16.2 Å². The molecule has 0 aromatic heterocycles. The predicted molar refractivity (Wildman–Crippen MR) is 67.7 cm³/mol. The van der Waals surface area contributed by atoms with E-state index in [0.29, 0.717) is 10.6 Å². The summed E-state index contributed by atoms with van der Waals surface area (Å²) in [6.45, 7) is 3.91. The summed E-state index contributed by atoms with van der Waals surface area (Å²) in [6.07, 6.45) is 0. The van der Waals surface area contributed by atoms with Crippen LogP contribution < -0.4 is 11.1 Å². The van der Waals surface area contributed by atoms with Crippen molar-refractivity contribution in [3.05, 3.63) is 34.9 Å². The molecule has 0 aliphatic carbocycles. The highest BCUT2D eigenvalue weighted by atomic mass is 35.5. The Kier molecular flexibility index (Phi) is 4.51. The van der Waals surface area contributed by atoms with Gasteiger partial charge in [0.25, 0.3) is 5.91 Å². The molecule has 0 bridgehead atoms. The topological polar surface area (TPSA) is 75.3 Å². The van der Waals surface area contributed by atoms with Gasteiger partial charge in [-0.1, -0.05) is 37.6 Å². The summed E-state index contributed by atoms with van der Waals surface area (Å²) in [7, 11) is 0. The molecule has 4 nitrogen and oxygen atoms in total. The van der Waals surface area contributed by atoms with Gasteiger partial charge in [-0.3, -0.25) is 4.79 Å². The number of carbonyl (C=O) groups excluding carboxylic acids is 1. The van der Waals surface area contributed by atoms with E-state index in [0.717, 1.165) is 0 Å². The number of nitrogens with two attached hydrogens (primary N) is 1. The van der Waals surface area contributed by atoms with Crippen LogP contribution >= 0.6 is 11.6 Å². The number of amides is 1. The van der Waals surface area contributed by atoms with Crippen molar-refractivity contribution in [2.24, 2.45) is 5.73 Å². The van der Waals surface area contributed by atoms with E-state index in [2.05, 4.69) is 5.32 Å². The lowest BCUT2D eigenvalue weighted by Gasteiger charge is -2.26. The Bertz CT molecular complexity index is 392. The normalized spacial score (nSPS) is 14.6. The smallest absolute Gasteiger partial charge is 0.255 e. The molecule has 1 atom stereocenters. The van der Waals surface area contributed by atoms with Crippen LogP contribution in [-0.2, 0) is 10.4 Å². The summed E-state index contributed by atoms with van der Waals surface area (Å²) >= 11 is 5.76. The third-order valence-corrected chi connectivity index (χ3v) is 2.75. The van der Waals surface area contributed by atoms with Crippen molar-refractivity contribution in [2.45, 2.75) is 25.5 Å². The van der Waals surface area contributed by atoms with Gasteiger partial charge in [0.15, 0.2) is 5.60 Å². The molecule has 0 radical (unpaired) electrons. The molecule has 0 saturated heterocycles. The number of benzene rings is 1. The van der Waals surface area contributed by atoms with Crippen molar-refractivity contribution >= 4 is 17.5 Å². The first-order chi connectivity index (χ1) is 7.86. The summed E-state index contributed by atoms with van der Waals surface area (Å²) in [6, 6.07) is 6.55. The lowest BCUT2D eigenvalue weighted by molar-refractivity contribution is -0.137. The van der Waals surface area contributed by atoms with Crippen LogP contribution in [0.2, 0.25) is 5.02 Å². The molecule has 0 saturated carbocycles. The van der Waals surface area contributed by atoms with E-state index in [1.807, 2.05) is 13.8 Å². The Labute approximate surface area is 106 Å². The monoisotopic (exact) mass is 256 g/mol. The van der Waals surface area contributed by atoms with Gasteiger partial charge in [0.2, 0.25) is 0 Å². The number of nitrogens with one attached hydrogen (secondary N) is 1. The number of halogens is 1. The average molecular weight is 257 g/mol. The van der Waals surface area contributed by atoms with Gasteiger partial charge in [-0.2, -0.15) is 0 Å². The second-order valence-corrected chi connectivity index (χ2v) is 4.70. The SMILES string of the molecule is CC(C)NCC(O)(C(N)=O)c1ccc(Cl)cc1. The molecule has 0 heterocycles. The molecule has 0 aliphatic heterocycles. The van der Waals surface area contributed by atoms with Crippen molar-refractivity contribution in [3.8, 4) is 0 Å². The molecule has 5 heteroatoms. The lowest BCUT2D eigenvalue weighted by atomic mass is 9.93. The van der Waals surface area contributed by atoms with E-state index in [1.165, 1.54) is 0 Å². The first kappa shape index (κ1) is 14.0. The van der Waals surface area contributed by atoms with Crippen LogP contribution in [0.1, 0.15) is 19.4 Å². The Balaban J connectivity index is 2.98. The Morgan fingerprint density at radius 1 is 1.47 bits per heavy atom. The van der Waals surface area contributed by atoms with E-state index in [1.54, 1.807) is 24.3 Å².